The summed E-state index contributed by atoms with van der Waals surface area (Å²) in [5.41, 5.74) is 3.84. The average Bonchev–Trinajstić information content (AvgIpc) is 2.72. The Morgan fingerprint density at radius 2 is 1.40 bits per heavy atom. The van der Waals surface area contributed by atoms with Gasteiger partial charge in [0.05, 0.1) is 17.9 Å². The molecule has 0 aliphatic heterocycles. The third kappa shape index (κ3) is 8.98. The molecule has 1 aromatic rings. The quantitative estimate of drug-likeness (QED) is 0.404. The number of carbonyl (C=O) groups is 4. The topological polar surface area (TPSA) is 131 Å². The molecule has 0 fully saturated rings. The van der Waals surface area contributed by atoms with Crippen LogP contribution in [-0.4, -0.2) is 42.6 Å². The number of esters is 4. The number of nitrogens with two attached hydrogens (primary N) is 1. The van der Waals surface area contributed by atoms with Crippen molar-refractivity contribution in [1.29, 1.82) is 0 Å². The number of hydrogen-bond acceptors (Lipinski definition) is 9. The second kappa shape index (κ2) is 11.7. The first-order valence-electron chi connectivity index (χ1n) is 11.6. The van der Waals surface area contributed by atoms with Crippen LogP contribution in [0.5, 0.6) is 11.5 Å². The van der Waals surface area contributed by atoms with Crippen LogP contribution in [0.3, 0.4) is 0 Å². The lowest BCUT2D eigenvalue weighted by Gasteiger charge is -2.29. The zero-order valence-corrected chi connectivity index (χ0v) is 22.3. The molecule has 9 heteroatoms. The first-order valence-corrected chi connectivity index (χ1v) is 11.6. The van der Waals surface area contributed by atoms with Gasteiger partial charge >= 0.3 is 23.9 Å². The minimum absolute atomic E-state index is 0.00326. The molecule has 0 amide bonds. The third-order valence-corrected chi connectivity index (χ3v) is 5.02. The van der Waals surface area contributed by atoms with Crippen molar-refractivity contribution in [3.05, 3.63) is 23.8 Å². The molecule has 0 bridgehead atoms. The summed E-state index contributed by atoms with van der Waals surface area (Å²) in [5, 5.41) is 0. The molecule has 2 atom stereocenters. The number of hydrogen-bond donors (Lipinski definition) is 1. The second-order valence-electron chi connectivity index (χ2n) is 10.7. The molecular formula is C26H39NO8. The Hall–Kier alpha value is -2.94. The highest BCUT2D eigenvalue weighted by atomic mass is 16.6. The van der Waals surface area contributed by atoms with Gasteiger partial charge in [0.25, 0.3) is 0 Å². The first-order chi connectivity index (χ1) is 15.9. The monoisotopic (exact) mass is 493 g/mol. The maximum atomic E-state index is 12.6. The highest BCUT2D eigenvalue weighted by molar-refractivity contribution is 5.82. The van der Waals surface area contributed by atoms with Gasteiger partial charge < -0.3 is 24.7 Å². The van der Waals surface area contributed by atoms with E-state index in [1.54, 1.807) is 61.5 Å². The highest BCUT2D eigenvalue weighted by Crippen LogP contribution is 2.34. The molecule has 196 valence electrons. The van der Waals surface area contributed by atoms with E-state index in [-0.39, 0.29) is 30.8 Å². The van der Waals surface area contributed by atoms with Gasteiger partial charge in [0.15, 0.2) is 11.5 Å². The van der Waals surface area contributed by atoms with Crippen LogP contribution in [0.25, 0.3) is 0 Å². The summed E-state index contributed by atoms with van der Waals surface area (Å²) in [6, 6.07) is 4.61. The van der Waals surface area contributed by atoms with Crippen molar-refractivity contribution in [2.24, 2.45) is 16.6 Å². The lowest BCUT2D eigenvalue weighted by atomic mass is 9.86. The van der Waals surface area contributed by atoms with Gasteiger partial charge in [-0.1, -0.05) is 13.0 Å². The van der Waals surface area contributed by atoms with Gasteiger partial charge in [0, 0.05) is 19.3 Å². The molecule has 0 heterocycles. The number of methoxy groups -OCH3 is 1. The first kappa shape index (κ1) is 30.1. The summed E-state index contributed by atoms with van der Waals surface area (Å²) >= 11 is 0. The van der Waals surface area contributed by atoms with Crippen LogP contribution in [0.4, 0.5) is 0 Å². The molecule has 35 heavy (non-hydrogen) atoms. The maximum Gasteiger partial charge on any atom is 0.326 e. The Bertz CT molecular complexity index is 942. The molecular weight excluding hydrogens is 454 g/mol. The minimum atomic E-state index is -1.53. The van der Waals surface area contributed by atoms with Crippen LogP contribution in [0, 0.1) is 10.8 Å². The number of carbonyl (C=O) groups excluding carboxylic acids is 4. The van der Waals surface area contributed by atoms with Crippen LogP contribution in [0.1, 0.15) is 73.8 Å². The molecule has 0 saturated heterocycles. The Morgan fingerprint density at radius 1 is 0.886 bits per heavy atom. The molecule has 0 spiro atoms. The summed E-state index contributed by atoms with van der Waals surface area (Å²) < 4.78 is 21.3. The van der Waals surface area contributed by atoms with Crippen LogP contribution < -0.4 is 15.2 Å². The number of rotatable bonds is 9. The number of ether oxygens (including phenoxy) is 4. The van der Waals surface area contributed by atoms with Crippen molar-refractivity contribution < 1.29 is 38.1 Å². The second-order valence-corrected chi connectivity index (χ2v) is 10.7. The largest absolute Gasteiger partial charge is 0.468 e. The van der Waals surface area contributed by atoms with Gasteiger partial charge in [-0.05, 0) is 66.2 Å². The fourth-order valence-corrected chi connectivity index (χ4v) is 2.99. The van der Waals surface area contributed by atoms with Gasteiger partial charge in [-0.2, -0.15) is 0 Å². The van der Waals surface area contributed by atoms with E-state index in [0.717, 1.165) is 0 Å². The molecule has 0 aliphatic rings. The molecule has 0 radical (unpaired) electrons. The van der Waals surface area contributed by atoms with Crippen LogP contribution in [-0.2, 0) is 35.1 Å². The zero-order chi connectivity index (χ0) is 27.2. The molecule has 9 nitrogen and oxygen atoms in total. The number of benzene rings is 1. The Labute approximate surface area is 207 Å². The van der Waals surface area contributed by atoms with Crippen LogP contribution >= 0.6 is 0 Å². The highest BCUT2D eigenvalue weighted by Gasteiger charge is 2.38. The molecule has 1 rings (SSSR count). The van der Waals surface area contributed by atoms with Crippen molar-refractivity contribution in [3.8, 4) is 11.5 Å². The lowest BCUT2D eigenvalue weighted by molar-refractivity contribution is -0.154. The summed E-state index contributed by atoms with van der Waals surface area (Å²) in [6.45, 7) is 13.5. The fourth-order valence-electron chi connectivity index (χ4n) is 2.99. The molecule has 0 aromatic heterocycles. The van der Waals surface area contributed by atoms with Gasteiger partial charge in [0.2, 0.25) is 0 Å². The summed E-state index contributed by atoms with van der Waals surface area (Å²) in [6.07, 6.45) is -0.459. The van der Waals surface area contributed by atoms with Crippen molar-refractivity contribution >= 4 is 23.9 Å². The predicted octanol–water partition coefficient (Wildman–Crippen LogP) is 3.73. The third-order valence-electron chi connectivity index (χ3n) is 5.02. The van der Waals surface area contributed by atoms with E-state index in [9.17, 15) is 19.2 Å². The molecule has 0 aliphatic carbocycles. The van der Waals surface area contributed by atoms with E-state index in [1.165, 1.54) is 19.2 Å². The lowest BCUT2D eigenvalue weighted by Crippen LogP contribution is -2.53. The zero-order valence-electron chi connectivity index (χ0n) is 22.3. The van der Waals surface area contributed by atoms with E-state index in [4.69, 9.17) is 24.7 Å². The molecule has 1 unspecified atom stereocenters. The standard InChI is InChI=1S/C26H39NO8/c1-10-20(28)33-16(2)14-26(27,23(31)32-9)15-17-11-12-18(34-21(29)24(3,4)5)19(13-17)35-22(30)25(6,7)8/h11-13,16H,10,14-15,27H2,1-9H3/t16?,26-/m1/s1. The Morgan fingerprint density at radius 3 is 1.86 bits per heavy atom. The maximum absolute atomic E-state index is 12.6. The van der Waals surface area contributed by atoms with E-state index in [1.807, 2.05) is 0 Å². The van der Waals surface area contributed by atoms with Crippen LogP contribution in [0.15, 0.2) is 18.2 Å². The van der Waals surface area contributed by atoms with Crippen LogP contribution in [0.2, 0.25) is 0 Å². The van der Waals surface area contributed by atoms with Crippen molar-refractivity contribution in [1.82, 2.24) is 0 Å². The predicted molar refractivity (Wildman–Crippen MR) is 130 cm³/mol. The average molecular weight is 494 g/mol. The summed E-state index contributed by atoms with van der Waals surface area (Å²) in [5.74, 6) is -2.04. The van der Waals surface area contributed by atoms with Gasteiger partial charge in [0.1, 0.15) is 11.6 Å². The van der Waals surface area contributed by atoms with Gasteiger partial charge in [-0.25, -0.2) is 0 Å². The van der Waals surface area contributed by atoms with Crippen molar-refractivity contribution in [3.63, 3.8) is 0 Å². The van der Waals surface area contributed by atoms with Gasteiger partial charge in [-0.3, -0.25) is 19.2 Å². The van der Waals surface area contributed by atoms with Crippen molar-refractivity contribution in [2.45, 2.75) is 86.3 Å². The molecule has 1 aromatic carbocycles. The molecule has 2 N–H and O–H groups in total. The summed E-state index contributed by atoms with van der Waals surface area (Å²) in [7, 11) is 1.22. The molecule has 0 saturated carbocycles. The Balaban J connectivity index is 3.37. The SMILES string of the molecule is CCC(=O)OC(C)C[C@@](N)(Cc1ccc(OC(=O)C(C)(C)C)c(OC(=O)C(C)(C)C)c1)C(=O)OC. The smallest absolute Gasteiger partial charge is 0.326 e. The van der Waals surface area contributed by atoms with Gasteiger partial charge in [-0.15, -0.1) is 0 Å². The normalized spacial score (nSPS) is 14.3. The minimum Gasteiger partial charge on any atom is -0.468 e. The summed E-state index contributed by atoms with van der Waals surface area (Å²) in [4.78, 5) is 49.3. The Kier molecular flexibility index (Phi) is 10.0. The van der Waals surface area contributed by atoms with E-state index < -0.39 is 46.4 Å². The van der Waals surface area contributed by atoms with E-state index in [0.29, 0.717) is 5.56 Å². The van der Waals surface area contributed by atoms with Crippen molar-refractivity contribution in [2.75, 3.05) is 7.11 Å². The van der Waals surface area contributed by atoms with E-state index >= 15 is 0 Å². The van der Waals surface area contributed by atoms with E-state index in [2.05, 4.69) is 0 Å². The fraction of sp³-hybridized carbons (Fsp3) is 0.615.